The topological polar surface area (TPSA) is 88.2 Å². The minimum Gasteiger partial charge on any atom is -0.507 e. The van der Waals surface area contributed by atoms with E-state index in [1.807, 2.05) is 0 Å². The molecule has 0 fully saturated rings. The van der Waals surface area contributed by atoms with Crippen LogP contribution in [0, 0.1) is 0 Å². The molecule has 9 heteroatoms. The lowest BCUT2D eigenvalue weighted by Gasteiger charge is -2.05. The summed E-state index contributed by atoms with van der Waals surface area (Å²) in [6.07, 6.45) is 0. The van der Waals surface area contributed by atoms with E-state index in [0.717, 1.165) is 11.8 Å². The molecule has 3 rings (SSSR count). The number of thioether (sulfide) groups is 1. The second-order valence-corrected chi connectivity index (χ2v) is 6.60. The summed E-state index contributed by atoms with van der Waals surface area (Å²) in [6.45, 7) is 0. The Kier molecular flexibility index (Phi) is 5.47. The highest BCUT2D eigenvalue weighted by molar-refractivity contribution is 7.99. The summed E-state index contributed by atoms with van der Waals surface area (Å²) in [4.78, 5) is 12.0. The predicted molar refractivity (Wildman–Crippen MR) is 97.2 cm³/mol. The van der Waals surface area contributed by atoms with Gasteiger partial charge in [0.15, 0.2) is 0 Å². The molecular weight excluding hydrogens is 385 g/mol. The largest absolute Gasteiger partial charge is 0.507 e. The van der Waals surface area contributed by atoms with Crippen LogP contribution in [0.25, 0.3) is 11.5 Å². The van der Waals surface area contributed by atoms with Crippen molar-refractivity contribution >= 4 is 46.6 Å². The van der Waals surface area contributed by atoms with Gasteiger partial charge in [0.2, 0.25) is 5.91 Å². The zero-order chi connectivity index (χ0) is 17.8. The summed E-state index contributed by atoms with van der Waals surface area (Å²) in [6, 6.07) is 11.4. The summed E-state index contributed by atoms with van der Waals surface area (Å²) < 4.78 is 5.45. The second kappa shape index (κ2) is 7.77. The van der Waals surface area contributed by atoms with E-state index in [1.54, 1.807) is 36.4 Å². The maximum atomic E-state index is 12.0. The third-order valence-corrected chi connectivity index (χ3v) is 4.63. The molecule has 2 aromatic carbocycles. The molecule has 0 saturated carbocycles. The van der Waals surface area contributed by atoms with Crippen LogP contribution in [0.2, 0.25) is 10.0 Å². The first-order valence-corrected chi connectivity index (χ1v) is 8.76. The molecule has 1 aromatic heterocycles. The van der Waals surface area contributed by atoms with Crippen molar-refractivity contribution in [2.75, 3.05) is 11.1 Å². The average Bonchev–Trinajstić information content (AvgIpc) is 3.05. The number of hydrogen-bond acceptors (Lipinski definition) is 6. The third-order valence-electron chi connectivity index (χ3n) is 3.07. The molecule has 1 heterocycles. The summed E-state index contributed by atoms with van der Waals surface area (Å²) in [5.41, 5.74) is 0.975. The molecule has 0 aliphatic carbocycles. The van der Waals surface area contributed by atoms with Gasteiger partial charge in [-0.2, -0.15) is 0 Å². The fourth-order valence-electron chi connectivity index (χ4n) is 1.93. The van der Waals surface area contributed by atoms with E-state index in [0.29, 0.717) is 21.3 Å². The number of nitrogens with one attached hydrogen (secondary N) is 1. The molecule has 0 aliphatic heterocycles. The van der Waals surface area contributed by atoms with Gasteiger partial charge in [-0.1, -0.05) is 47.1 Å². The molecule has 128 valence electrons. The fourth-order valence-corrected chi connectivity index (χ4v) is 2.79. The molecule has 6 nitrogen and oxygen atoms in total. The van der Waals surface area contributed by atoms with Gasteiger partial charge in [-0.15, -0.1) is 10.2 Å². The maximum Gasteiger partial charge on any atom is 0.277 e. The van der Waals surface area contributed by atoms with Crippen LogP contribution in [0.1, 0.15) is 0 Å². The number of rotatable bonds is 5. The third kappa shape index (κ3) is 4.45. The Balaban J connectivity index is 1.59. The van der Waals surface area contributed by atoms with Crippen LogP contribution >= 0.6 is 35.0 Å². The van der Waals surface area contributed by atoms with E-state index in [4.69, 9.17) is 27.6 Å². The number of aromatic nitrogens is 2. The standard InChI is InChI=1S/C16H11Cl2N3O3S/c17-11-6-5-9(7-12(11)18)19-14(23)8-25-16-21-20-15(24-16)10-3-1-2-4-13(10)22/h1-7,22H,8H2,(H,19,23). The molecule has 2 N–H and O–H groups in total. The van der Waals surface area contributed by atoms with Crippen molar-refractivity contribution in [1.82, 2.24) is 10.2 Å². The predicted octanol–water partition coefficient (Wildman–Crippen LogP) is 4.48. The monoisotopic (exact) mass is 395 g/mol. The van der Waals surface area contributed by atoms with Gasteiger partial charge in [0.05, 0.1) is 21.4 Å². The first-order chi connectivity index (χ1) is 12.0. The quantitative estimate of drug-likeness (QED) is 0.619. The van der Waals surface area contributed by atoms with Crippen LogP contribution in [0.4, 0.5) is 5.69 Å². The highest BCUT2D eigenvalue weighted by atomic mass is 35.5. The van der Waals surface area contributed by atoms with E-state index in [1.165, 1.54) is 6.07 Å². The highest BCUT2D eigenvalue weighted by Crippen LogP contribution is 2.29. The van der Waals surface area contributed by atoms with Gasteiger partial charge < -0.3 is 14.8 Å². The van der Waals surface area contributed by atoms with Crippen LogP contribution in [0.5, 0.6) is 5.75 Å². The second-order valence-electron chi connectivity index (χ2n) is 4.86. The first kappa shape index (κ1) is 17.6. The molecule has 25 heavy (non-hydrogen) atoms. The van der Waals surface area contributed by atoms with Crippen molar-refractivity contribution < 1.29 is 14.3 Å². The Morgan fingerprint density at radius 3 is 2.72 bits per heavy atom. The number of aromatic hydroxyl groups is 1. The Bertz CT molecular complexity index is 917. The molecule has 0 atom stereocenters. The number of nitrogens with zero attached hydrogens (tertiary/aromatic N) is 2. The maximum absolute atomic E-state index is 12.0. The number of halogens is 2. The Morgan fingerprint density at radius 2 is 1.96 bits per heavy atom. The zero-order valence-electron chi connectivity index (χ0n) is 12.6. The molecular formula is C16H11Cl2N3O3S. The molecule has 1 amide bonds. The number of anilines is 1. The van der Waals surface area contributed by atoms with Gasteiger partial charge in [-0.3, -0.25) is 4.79 Å². The van der Waals surface area contributed by atoms with Crippen molar-refractivity contribution in [2.45, 2.75) is 5.22 Å². The van der Waals surface area contributed by atoms with Crippen molar-refractivity contribution in [3.63, 3.8) is 0 Å². The van der Waals surface area contributed by atoms with Crippen molar-refractivity contribution in [1.29, 1.82) is 0 Å². The smallest absolute Gasteiger partial charge is 0.277 e. The van der Waals surface area contributed by atoms with Gasteiger partial charge in [0.1, 0.15) is 5.75 Å². The van der Waals surface area contributed by atoms with Gasteiger partial charge in [-0.05, 0) is 30.3 Å². The van der Waals surface area contributed by atoms with Crippen LogP contribution < -0.4 is 5.32 Å². The van der Waals surface area contributed by atoms with Crippen molar-refractivity contribution in [2.24, 2.45) is 0 Å². The van der Waals surface area contributed by atoms with E-state index in [9.17, 15) is 9.90 Å². The van der Waals surface area contributed by atoms with Crippen molar-refractivity contribution in [3.05, 3.63) is 52.5 Å². The Labute approximate surface area is 157 Å². The summed E-state index contributed by atoms with van der Waals surface area (Å²) in [5, 5.41) is 21.2. The summed E-state index contributed by atoms with van der Waals surface area (Å²) in [5.74, 6) is 0.0408. The van der Waals surface area contributed by atoms with Crippen LogP contribution in [-0.2, 0) is 4.79 Å². The molecule has 0 saturated heterocycles. The molecule has 0 unspecified atom stereocenters. The molecule has 0 bridgehead atoms. The normalized spacial score (nSPS) is 10.6. The van der Waals surface area contributed by atoms with E-state index in [2.05, 4.69) is 15.5 Å². The van der Waals surface area contributed by atoms with Gasteiger partial charge in [0.25, 0.3) is 11.1 Å². The first-order valence-electron chi connectivity index (χ1n) is 7.02. The minimum absolute atomic E-state index is 0.0417. The number of phenolic OH excluding ortho intramolecular Hbond substituents is 1. The SMILES string of the molecule is O=C(CSc1nnc(-c2ccccc2O)o1)Nc1ccc(Cl)c(Cl)c1. The number of amides is 1. The number of para-hydroxylation sites is 1. The number of benzene rings is 2. The molecule has 0 radical (unpaired) electrons. The molecule has 3 aromatic rings. The lowest BCUT2D eigenvalue weighted by molar-refractivity contribution is -0.113. The van der Waals surface area contributed by atoms with Gasteiger partial charge in [0, 0.05) is 5.69 Å². The van der Waals surface area contributed by atoms with Gasteiger partial charge >= 0.3 is 0 Å². The minimum atomic E-state index is -0.259. The average molecular weight is 396 g/mol. The van der Waals surface area contributed by atoms with Crippen LogP contribution in [0.15, 0.2) is 52.1 Å². The van der Waals surface area contributed by atoms with Crippen molar-refractivity contribution in [3.8, 4) is 17.2 Å². The zero-order valence-corrected chi connectivity index (χ0v) is 14.9. The number of carbonyl (C=O) groups excluding carboxylic acids is 1. The number of hydrogen-bond donors (Lipinski definition) is 2. The number of carbonyl (C=O) groups is 1. The van der Waals surface area contributed by atoms with E-state index >= 15 is 0 Å². The van der Waals surface area contributed by atoms with Crippen LogP contribution in [-0.4, -0.2) is 27.0 Å². The number of phenols is 1. The fraction of sp³-hybridized carbons (Fsp3) is 0.0625. The lowest BCUT2D eigenvalue weighted by atomic mass is 10.2. The summed E-state index contributed by atoms with van der Waals surface area (Å²) in [7, 11) is 0. The highest BCUT2D eigenvalue weighted by Gasteiger charge is 2.14. The lowest BCUT2D eigenvalue weighted by Crippen LogP contribution is -2.13. The molecule has 0 aliphatic rings. The Morgan fingerprint density at radius 1 is 1.16 bits per heavy atom. The van der Waals surface area contributed by atoms with E-state index < -0.39 is 0 Å². The van der Waals surface area contributed by atoms with Gasteiger partial charge in [-0.25, -0.2) is 0 Å². The van der Waals surface area contributed by atoms with Crippen LogP contribution in [0.3, 0.4) is 0 Å². The molecule has 0 spiro atoms. The van der Waals surface area contributed by atoms with E-state index in [-0.39, 0.29) is 28.5 Å². The summed E-state index contributed by atoms with van der Waals surface area (Å²) >= 11 is 12.8. The Hall–Kier alpha value is -2.22.